The third-order valence-electron chi connectivity index (χ3n) is 5.02. The van der Waals surface area contributed by atoms with Crippen molar-refractivity contribution >= 4 is 27.3 Å². The molecule has 3 aromatic carbocycles. The fourth-order valence-corrected chi connectivity index (χ4v) is 4.46. The van der Waals surface area contributed by atoms with Gasteiger partial charge in [0, 0.05) is 5.69 Å². The molecular weight excluding hydrogens is 396 g/mol. The van der Waals surface area contributed by atoms with Gasteiger partial charge in [-0.1, -0.05) is 42.0 Å². The van der Waals surface area contributed by atoms with Crippen LogP contribution in [0.25, 0.3) is 0 Å². The molecule has 0 saturated heterocycles. The van der Waals surface area contributed by atoms with Crippen molar-refractivity contribution in [3.8, 4) is 0 Å². The summed E-state index contributed by atoms with van der Waals surface area (Å²) in [4.78, 5) is 12.5. The predicted octanol–water partition coefficient (Wildman–Crippen LogP) is 4.90. The van der Waals surface area contributed by atoms with Crippen LogP contribution in [0.4, 0.5) is 11.4 Å². The molecular formula is C24H26N2O3S. The van der Waals surface area contributed by atoms with Crippen molar-refractivity contribution in [2.24, 2.45) is 0 Å². The lowest BCUT2D eigenvalue weighted by Crippen LogP contribution is -2.16. The zero-order valence-corrected chi connectivity index (χ0v) is 18.4. The summed E-state index contributed by atoms with van der Waals surface area (Å²) in [6.45, 7) is 7.69. The van der Waals surface area contributed by atoms with Crippen LogP contribution in [0.15, 0.2) is 65.6 Å². The first-order valence-electron chi connectivity index (χ1n) is 9.71. The van der Waals surface area contributed by atoms with Crippen LogP contribution >= 0.6 is 0 Å². The van der Waals surface area contributed by atoms with Gasteiger partial charge < -0.3 is 5.32 Å². The van der Waals surface area contributed by atoms with E-state index in [1.54, 1.807) is 12.1 Å². The first-order chi connectivity index (χ1) is 14.2. The number of sulfonamides is 1. The summed E-state index contributed by atoms with van der Waals surface area (Å²) < 4.78 is 28.2. The highest BCUT2D eigenvalue weighted by molar-refractivity contribution is 7.92. The number of amides is 1. The standard InChI is InChI=1S/C24H26N2O3S/c1-16-8-9-17(2)20(14-16)15-23(27)25-21-10-12-22(13-11-21)30(28,29)26-24-18(3)6-5-7-19(24)4/h5-14,26H,15H2,1-4H3,(H,25,27). The summed E-state index contributed by atoms with van der Waals surface area (Å²) in [5.41, 5.74) is 6.00. The molecule has 0 saturated carbocycles. The average Bonchev–Trinajstić information content (AvgIpc) is 2.68. The number of nitrogens with one attached hydrogen (secondary N) is 2. The van der Waals surface area contributed by atoms with E-state index in [0.717, 1.165) is 27.8 Å². The fourth-order valence-electron chi connectivity index (χ4n) is 3.26. The molecule has 0 aliphatic rings. The van der Waals surface area contributed by atoms with E-state index in [4.69, 9.17) is 0 Å². The van der Waals surface area contributed by atoms with Crippen molar-refractivity contribution < 1.29 is 13.2 Å². The van der Waals surface area contributed by atoms with E-state index in [1.807, 2.05) is 64.1 Å². The number of hydrogen-bond donors (Lipinski definition) is 2. The molecule has 30 heavy (non-hydrogen) atoms. The van der Waals surface area contributed by atoms with Crippen LogP contribution in [0.5, 0.6) is 0 Å². The van der Waals surface area contributed by atoms with Gasteiger partial charge in [-0.2, -0.15) is 0 Å². The van der Waals surface area contributed by atoms with Crippen molar-refractivity contribution in [3.05, 3.63) is 88.5 Å². The molecule has 0 bridgehead atoms. The Bertz CT molecular complexity index is 1160. The highest BCUT2D eigenvalue weighted by Gasteiger charge is 2.17. The van der Waals surface area contributed by atoms with Gasteiger partial charge in [0.25, 0.3) is 10.0 Å². The lowest BCUT2D eigenvalue weighted by Gasteiger charge is -2.13. The minimum absolute atomic E-state index is 0.137. The molecule has 3 rings (SSSR count). The Hall–Kier alpha value is -3.12. The van der Waals surface area contributed by atoms with Crippen LogP contribution in [-0.2, 0) is 21.2 Å². The van der Waals surface area contributed by atoms with E-state index < -0.39 is 10.0 Å². The number of benzene rings is 3. The molecule has 156 valence electrons. The van der Waals surface area contributed by atoms with E-state index in [0.29, 0.717) is 11.4 Å². The van der Waals surface area contributed by atoms with E-state index in [9.17, 15) is 13.2 Å². The smallest absolute Gasteiger partial charge is 0.261 e. The molecule has 1 amide bonds. The van der Waals surface area contributed by atoms with Crippen molar-refractivity contribution in [2.75, 3.05) is 10.0 Å². The summed E-state index contributed by atoms with van der Waals surface area (Å²) >= 11 is 0. The Labute approximate surface area is 178 Å². The first kappa shape index (κ1) is 21.6. The average molecular weight is 423 g/mol. The molecule has 0 fully saturated rings. The van der Waals surface area contributed by atoms with E-state index in [1.165, 1.54) is 12.1 Å². The maximum absolute atomic E-state index is 12.8. The minimum atomic E-state index is -3.73. The number of carbonyl (C=O) groups excluding carboxylic acids is 1. The molecule has 0 aliphatic heterocycles. The molecule has 0 aromatic heterocycles. The highest BCUT2D eigenvalue weighted by atomic mass is 32.2. The van der Waals surface area contributed by atoms with Gasteiger partial charge in [0.1, 0.15) is 0 Å². The topological polar surface area (TPSA) is 75.3 Å². The largest absolute Gasteiger partial charge is 0.326 e. The summed E-state index contributed by atoms with van der Waals surface area (Å²) in [6, 6.07) is 17.8. The van der Waals surface area contributed by atoms with Gasteiger partial charge >= 0.3 is 0 Å². The van der Waals surface area contributed by atoms with Crippen molar-refractivity contribution in [1.82, 2.24) is 0 Å². The summed E-state index contributed by atoms with van der Waals surface area (Å²) in [5.74, 6) is -0.145. The predicted molar refractivity (Wildman–Crippen MR) is 121 cm³/mol. The SMILES string of the molecule is Cc1ccc(C)c(CC(=O)Nc2ccc(S(=O)(=O)Nc3c(C)cccc3C)cc2)c1. The molecule has 3 aromatic rings. The quantitative estimate of drug-likeness (QED) is 0.593. The second-order valence-corrected chi connectivity index (χ2v) is 9.23. The Morgan fingerprint density at radius 2 is 1.47 bits per heavy atom. The second-order valence-electron chi connectivity index (χ2n) is 7.55. The maximum atomic E-state index is 12.8. The van der Waals surface area contributed by atoms with Gasteiger partial charge in [0.05, 0.1) is 17.0 Å². The molecule has 5 nitrogen and oxygen atoms in total. The van der Waals surface area contributed by atoms with Gasteiger partial charge in [0.15, 0.2) is 0 Å². The fraction of sp³-hybridized carbons (Fsp3) is 0.208. The molecule has 2 N–H and O–H groups in total. The van der Waals surface area contributed by atoms with Gasteiger partial charge in [-0.25, -0.2) is 8.42 Å². The summed E-state index contributed by atoms with van der Waals surface area (Å²) in [6.07, 6.45) is 0.266. The monoisotopic (exact) mass is 422 g/mol. The van der Waals surface area contributed by atoms with Gasteiger partial charge in [-0.15, -0.1) is 0 Å². The summed E-state index contributed by atoms with van der Waals surface area (Å²) in [7, 11) is -3.73. The van der Waals surface area contributed by atoms with E-state index in [-0.39, 0.29) is 17.2 Å². The van der Waals surface area contributed by atoms with E-state index in [2.05, 4.69) is 10.0 Å². The maximum Gasteiger partial charge on any atom is 0.261 e. The third-order valence-corrected chi connectivity index (χ3v) is 6.39. The number of rotatable bonds is 6. The molecule has 6 heteroatoms. The zero-order valence-electron chi connectivity index (χ0n) is 17.6. The van der Waals surface area contributed by atoms with Crippen LogP contribution in [0, 0.1) is 27.7 Å². The van der Waals surface area contributed by atoms with Crippen LogP contribution in [0.1, 0.15) is 27.8 Å². The van der Waals surface area contributed by atoms with Gasteiger partial charge in [-0.3, -0.25) is 9.52 Å². The van der Waals surface area contributed by atoms with Crippen molar-refractivity contribution in [1.29, 1.82) is 0 Å². The number of para-hydroxylation sites is 1. The normalized spacial score (nSPS) is 11.2. The second kappa shape index (κ2) is 8.71. The zero-order chi connectivity index (χ0) is 21.9. The third kappa shape index (κ3) is 5.07. The summed E-state index contributed by atoms with van der Waals surface area (Å²) in [5, 5.41) is 2.83. The Morgan fingerprint density at radius 1 is 0.833 bits per heavy atom. The first-order valence-corrected chi connectivity index (χ1v) is 11.2. The molecule has 0 aliphatic carbocycles. The van der Waals surface area contributed by atoms with Crippen molar-refractivity contribution in [2.45, 2.75) is 39.0 Å². The minimum Gasteiger partial charge on any atom is -0.326 e. The Kier molecular flexibility index (Phi) is 6.27. The lowest BCUT2D eigenvalue weighted by molar-refractivity contribution is -0.115. The van der Waals surface area contributed by atoms with Crippen LogP contribution in [-0.4, -0.2) is 14.3 Å². The molecule has 0 radical (unpaired) electrons. The molecule has 0 heterocycles. The lowest BCUT2D eigenvalue weighted by atomic mass is 10.0. The number of carbonyl (C=O) groups is 1. The van der Waals surface area contributed by atoms with E-state index >= 15 is 0 Å². The molecule has 0 spiro atoms. The van der Waals surface area contributed by atoms with Crippen LogP contribution in [0.2, 0.25) is 0 Å². The van der Waals surface area contributed by atoms with Crippen LogP contribution < -0.4 is 10.0 Å². The molecule has 0 atom stereocenters. The van der Waals surface area contributed by atoms with Crippen molar-refractivity contribution in [3.63, 3.8) is 0 Å². The number of aryl methyl sites for hydroxylation is 4. The van der Waals surface area contributed by atoms with Crippen LogP contribution in [0.3, 0.4) is 0 Å². The Morgan fingerprint density at radius 3 is 2.10 bits per heavy atom. The molecule has 0 unspecified atom stereocenters. The van der Waals surface area contributed by atoms with Gasteiger partial charge in [0.2, 0.25) is 5.91 Å². The number of hydrogen-bond acceptors (Lipinski definition) is 3. The number of anilines is 2. The van der Waals surface area contributed by atoms with Gasteiger partial charge in [-0.05, 0) is 74.2 Å². The Balaban J connectivity index is 1.71. The highest BCUT2D eigenvalue weighted by Crippen LogP contribution is 2.24.